The van der Waals surface area contributed by atoms with Crippen LogP contribution in [0.5, 0.6) is 0 Å². The Morgan fingerprint density at radius 2 is 1.61 bits per heavy atom. The summed E-state index contributed by atoms with van der Waals surface area (Å²) in [6.45, 7) is 0.724. The molecule has 1 saturated heterocycles. The number of nitrogens with zero attached hydrogens (tertiary/aromatic N) is 2. The summed E-state index contributed by atoms with van der Waals surface area (Å²) in [4.78, 5) is 13.2. The Labute approximate surface area is 185 Å². The number of nitrogens with one attached hydrogen (secondary N) is 1. The second-order valence-electron chi connectivity index (χ2n) is 10.1. The average Bonchev–Trinajstić information content (AvgIpc) is 3.02. The molecule has 5 atom stereocenters. The van der Waals surface area contributed by atoms with Gasteiger partial charge in [-0.1, -0.05) is 0 Å². The van der Waals surface area contributed by atoms with Crippen LogP contribution < -0.4 is 5.32 Å². The maximum atomic E-state index is 13.0. The highest BCUT2D eigenvalue weighted by Gasteiger charge is 2.46. The van der Waals surface area contributed by atoms with E-state index in [1.165, 1.54) is 60.7 Å². The lowest BCUT2D eigenvalue weighted by atomic mass is 9.77. The first-order valence-electron chi connectivity index (χ1n) is 11.7. The molecule has 7 heteroatoms. The summed E-state index contributed by atoms with van der Waals surface area (Å²) in [6, 6.07) is 8.34. The molecular weight excluding hydrogens is 410 g/mol. The van der Waals surface area contributed by atoms with Gasteiger partial charge in [0.2, 0.25) is 15.9 Å². The smallest absolute Gasteiger partial charge is 0.243 e. The van der Waals surface area contributed by atoms with Crippen molar-refractivity contribution in [2.75, 3.05) is 13.1 Å². The zero-order chi connectivity index (χ0) is 21.6. The van der Waals surface area contributed by atoms with E-state index in [0.717, 1.165) is 24.2 Å². The van der Waals surface area contributed by atoms with E-state index in [1.807, 2.05) is 6.07 Å². The lowest BCUT2D eigenvalue weighted by Gasteiger charge is -2.35. The predicted molar refractivity (Wildman–Crippen MR) is 116 cm³/mol. The van der Waals surface area contributed by atoms with Crippen molar-refractivity contribution in [3.05, 3.63) is 29.8 Å². The van der Waals surface area contributed by atoms with Crippen LogP contribution in [0.1, 0.15) is 56.9 Å². The van der Waals surface area contributed by atoms with Crippen LogP contribution >= 0.6 is 0 Å². The molecule has 4 fully saturated rings. The average molecular weight is 442 g/mol. The van der Waals surface area contributed by atoms with Crippen molar-refractivity contribution < 1.29 is 13.2 Å². The molecule has 5 rings (SSSR count). The molecule has 0 radical (unpaired) electrons. The molecular formula is C24H31N3O3S. The molecule has 3 aliphatic carbocycles. The lowest BCUT2D eigenvalue weighted by molar-refractivity contribution is -0.127. The van der Waals surface area contributed by atoms with Crippen molar-refractivity contribution in [2.45, 2.75) is 62.3 Å². The molecule has 3 bridgehead atoms. The van der Waals surface area contributed by atoms with E-state index >= 15 is 0 Å². The third kappa shape index (κ3) is 4.01. The van der Waals surface area contributed by atoms with Crippen LogP contribution in [0.3, 0.4) is 0 Å². The van der Waals surface area contributed by atoms with Gasteiger partial charge in [-0.3, -0.25) is 4.79 Å². The number of fused-ring (bicyclic) bond motifs is 2. The van der Waals surface area contributed by atoms with Crippen LogP contribution in [0.4, 0.5) is 0 Å². The highest BCUT2D eigenvalue weighted by atomic mass is 32.2. The van der Waals surface area contributed by atoms with E-state index in [-0.39, 0.29) is 16.7 Å². The summed E-state index contributed by atoms with van der Waals surface area (Å²) >= 11 is 0. The fourth-order valence-electron chi connectivity index (χ4n) is 6.74. The Morgan fingerprint density at radius 3 is 2.32 bits per heavy atom. The monoisotopic (exact) mass is 441 g/mol. The molecule has 166 valence electrons. The van der Waals surface area contributed by atoms with Crippen molar-refractivity contribution >= 4 is 15.9 Å². The molecule has 6 nitrogen and oxygen atoms in total. The van der Waals surface area contributed by atoms with E-state index in [9.17, 15) is 13.2 Å². The maximum Gasteiger partial charge on any atom is 0.243 e. The number of carbonyl (C=O) groups is 1. The van der Waals surface area contributed by atoms with E-state index < -0.39 is 10.0 Å². The van der Waals surface area contributed by atoms with Crippen LogP contribution in [-0.4, -0.2) is 37.8 Å². The van der Waals surface area contributed by atoms with Gasteiger partial charge in [0.05, 0.1) is 16.5 Å². The fourth-order valence-corrected chi connectivity index (χ4v) is 8.21. The number of benzene rings is 1. The number of rotatable bonds is 4. The molecule has 0 aromatic heterocycles. The minimum absolute atomic E-state index is 0.107. The number of sulfonamides is 1. The highest BCUT2D eigenvalue weighted by molar-refractivity contribution is 7.89. The van der Waals surface area contributed by atoms with Gasteiger partial charge in [-0.2, -0.15) is 9.57 Å². The standard InChI is InChI=1S/C24H31N3O3S/c25-15-16-1-4-22(5-2-16)31(29,30)27-9-7-18(8-10-27)24(28)26-23-6-3-19-11-17-12-20(19)14-21(23)13-17/h1-2,4-5,17-21,23H,3,6-14H2,(H,26,28). The Morgan fingerprint density at radius 1 is 0.935 bits per heavy atom. The number of nitriles is 1. The molecule has 0 spiro atoms. The van der Waals surface area contributed by atoms with Gasteiger partial charge >= 0.3 is 0 Å². The van der Waals surface area contributed by atoms with Gasteiger partial charge in [0, 0.05) is 25.0 Å². The highest BCUT2D eigenvalue weighted by Crippen LogP contribution is 2.53. The zero-order valence-electron chi connectivity index (χ0n) is 17.9. The van der Waals surface area contributed by atoms with Crippen LogP contribution in [0, 0.1) is 40.9 Å². The number of amides is 1. The van der Waals surface area contributed by atoms with Crippen molar-refractivity contribution in [3.63, 3.8) is 0 Å². The van der Waals surface area contributed by atoms with Crippen LogP contribution in [0.2, 0.25) is 0 Å². The summed E-state index contributed by atoms with van der Waals surface area (Å²) in [5, 5.41) is 12.3. The topological polar surface area (TPSA) is 90.3 Å². The molecule has 1 aliphatic heterocycles. The van der Waals surface area contributed by atoms with Crippen molar-refractivity contribution in [1.82, 2.24) is 9.62 Å². The van der Waals surface area contributed by atoms with Gasteiger partial charge < -0.3 is 5.32 Å². The summed E-state index contributed by atoms with van der Waals surface area (Å²) in [5.41, 5.74) is 0.439. The van der Waals surface area contributed by atoms with Crippen LogP contribution in [0.25, 0.3) is 0 Å². The minimum atomic E-state index is -3.59. The quantitative estimate of drug-likeness (QED) is 0.776. The van der Waals surface area contributed by atoms with E-state index in [2.05, 4.69) is 5.32 Å². The van der Waals surface area contributed by atoms with Gasteiger partial charge in [-0.25, -0.2) is 8.42 Å². The Kier molecular flexibility index (Phi) is 5.56. The normalized spacial score (nSPS) is 33.6. The fraction of sp³-hybridized carbons (Fsp3) is 0.667. The SMILES string of the molecule is N#Cc1ccc(S(=O)(=O)N2CCC(C(=O)NC3CCC4CC5CC4CC3C5)CC2)cc1. The van der Waals surface area contributed by atoms with Crippen molar-refractivity contribution in [3.8, 4) is 6.07 Å². The van der Waals surface area contributed by atoms with Gasteiger partial charge in [-0.05, 0) is 99.3 Å². The predicted octanol–water partition coefficient (Wildman–Crippen LogP) is 3.29. The molecule has 1 amide bonds. The van der Waals surface area contributed by atoms with Crippen LogP contribution in [-0.2, 0) is 14.8 Å². The molecule has 5 unspecified atom stereocenters. The first kappa shape index (κ1) is 21.0. The number of carbonyl (C=O) groups excluding carboxylic acids is 1. The summed E-state index contributed by atoms with van der Waals surface area (Å²) in [7, 11) is -3.59. The second-order valence-corrected chi connectivity index (χ2v) is 12.0. The number of piperidine rings is 1. The van der Waals surface area contributed by atoms with Gasteiger partial charge in [0.25, 0.3) is 0 Å². The zero-order valence-corrected chi connectivity index (χ0v) is 18.7. The minimum Gasteiger partial charge on any atom is -0.353 e. The first-order valence-corrected chi connectivity index (χ1v) is 13.2. The Bertz CT molecular complexity index is 976. The first-order chi connectivity index (χ1) is 14.9. The summed E-state index contributed by atoms with van der Waals surface area (Å²) < 4.78 is 27.3. The van der Waals surface area contributed by atoms with E-state index in [1.54, 1.807) is 0 Å². The van der Waals surface area contributed by atoms with Gasteiger partial charge in [-0.15, -0.1) is 0 Å². The molecule has 1 aromatic rings. The lowest BCUT2D eigenvalue weighted by Crippen LogP contribution is -2.47. The van der Waals surface area contributed by atoms with Crippen molar-refractivity contribution in [2.24, 2.45) is 29.6 Å². The summed E-state index contributed by atoms with van der Waals surface area (Å²) in [5.74, 6) is 3.30. The van der Waals surface area contributed by atoms with Gasteiger partial charge in [0.15, 0.2) is 0 Å². The molecule has 1 N–H and O–H groups in total. The summed E-state index contributed by atoms with van der Waals surface area (Å²) in [6.07, 6.45) is 8.87. The van der Waals surface area contributed by atoms with E-state index in [0.29, 0.717) is 43.5 Å². The molecule has 1 aromatic carbocycles. The maximum absolute atomic E-state index is 13.0. The van der Waals surface area contributed by atoms with Crippen LogP contribution in [0.15, 0.2) is 29.2 Å². The Balaban J connectivity index is 1.17. The van der Waals surface area contributed by atoms with Crippen molar-refractivity contribution in [1.29, 1.82) is 5.26 Å². The molecule has 31 heavy (non-hydrogen) atoms. The molecule has 4 aliphatic rings. The van der Waals surface area contributed by atoms with E-state index in [4.69, 9.17) is 5.26 Å². The number of hydrogen-bond donors (Lipinski definition) is 1. The third-order valence-electron chi connectivity index (χ3n) is 8.37. The number of hydrogen-bond acceptors (Lipinski definition) is 4. The molecule has 3 saturated carbocycles. The second kappa shape index (κ2) is 8.22. The Hall–Kier alpha value is -1.91. The van der Waals surface area contributed by atoms with Gasteiger partial charge in [0.1, 0.15) is 0 Å². The third-order valence-corrected chi connectivity index (χ3v) is 10.3. The largest absolute Gasteiger partial charge is 0.353 e. The molecule has 1 heterocycles.